The van der Waals surface area contributed by atoms with Crippen molar-refractivity contribution in [2.75, 3.05) is 0 Å². The third-order valence-electron chi connectivity index (χ3n) is 10.8. The first-order chi connectivity index (χ1) is 27.3. The van der Waals surface area contributed by atoms with E-state index in [4.69, 9.17) is 15.0 Å². The van der Waals surface area contributed by atoms with Crippen LogP contribution < -0.4 is 0 Å². The molecule has 11 aromatic rings. The van der Waals surface area contributed by atoms with E-state index < -0.39 is 0 Å². The Morgan fingerprint density at radius 1 is 0.309 bits per heavy atom. The number of aromatic nitrogens is 4. The molecule has 4 heteroatoms. The minimum Gasteiger partial charge on any atom is -0.308 e. The monoisotopic (exact) mass is 700 g/mol. The van der Waals surface area contributed by atoms with Crippen LogP contribution in [0.4, 0.5) is 0 Å². The van der Waals surface area contributed by atoms with Crippen LogP contribution in [0.3, 0.4) is 0 Å². The molecule has 0 radical (unpaired) electrons. The molecule has 0 amide bonds. The summed E-state index contributed by atoms with van der Waals surface area (Å²) in [5.41, 5.74) is 8.59. The van der Waals surface area contributed by atoms with Gasteiger partial charge in [-0.1, -0.05) is 164 Å². The Morgan fingerprint density at radius 2 is 0.873 bits per heavy atom. The summed E-state index contributed by atoms with van der Waals surface area (Å²) < 4.78 is 2.48. The van der Waals surface area contributed by atoms with Gasteiger partial charge in [0.25, 0.3) is 0 Å². The van der Waals surface area contributed by atoms with Gasteiger partial charge in [0.05, 0.1) is 16.7 Å². The summed E-state index contributed by atoms with van der Waals surface area (Å²) >= 11 is 0. The van der Waals surface area contributed by atoms with Crippen molar-refractivity contribution in [1.29, 1.82) is 0 Å². The Bertz CT molecular complexity index is 3180. The fraction of sp³-hybridized carbons (Fsp3) is 0. The average Bonchev–Trinajstić information content (AvgIpc) is 3.59. The summed E-state index contributed by atoms with van der Waals surface area (Å²) in [5, 5.41) is 9.51. The summed E-state index contributed by atoms with van der Waals surface area (Å²) in [5.74, 6) is 1.91. The van der Waals surface area contributed by atoms with Crippen LogP contribution in [-0.2, 0) is 0 Å². The van der Waals surface area contributed by atoms with Crippen molar-refractivity contribution < 1.29 is 0 Å². The average molecular weight is 701 g/mol. The molecule has 0 spiro atoms. The Morgan fingerprint density at radius 3 is 1.56 bits per heavy atom. The maximum absolute atomic E-state index is 5.19. The van der Waals surface area contributed by atoms with Gasteiger partial charge in [-0.05, 0) is 63.0 Å². The predicted octanol–water partition coefficient (Wildman–Crippen LogP) is 13.1. The van der Waals surface area contributed by atoms with Gasteiger partial charge in [0.2, 0.25) is 0 Å². The fourth-order valence-corrected chi connectivity index (χ4v) is 8.17. The highest BCUT2D eigenvalue weighted by atomic mass is 15.0. The lowest BCUT2D eigenvalue weighted by molar-refractivity contribution is 1.08. The molecule has 0 bridgehead atoms. The van der Waals surface area contributed by atoms with E-state index in [1.54, 1.807) is 0 Å². The van der Waals surface area contributed by atoms with E-state index >= 15 is 0 Å². The molecule has 256 valence electrons. The second kappa shape index (κ2) is 12.6. The first-order valence-corrected chi connectivity index (χ1v) is 18.6. The summed E-state index contributed by atoms with van der Waals surface area (Å²) in [6.45, 7) is 0. The lowest BCUT2D eigenvalue weighted by atomic mass is 9.96. The summed E-state index contributed by atoms with van der Waals surface area (Å²) in [4.78, 5) is 15.4. The first kappa shape index (κ1) is 31.1. The van der Waals surface area contributed by atoms with Crippen LogP contribution in [-0.4, -0.2) is 19.5 Å². The number of benzene rings is 9. The molecule has 0 unspecified atom stereocenters. The summed E-state index contributed by atoms with van der Waals surface area (Å²) in [6.07, 6.45) is 0. The fourth-order valence-electron chi connectivity index (χ4n) is 8.17. The standard InChI is InChI=1S/C51H32N4/c1-4-14-33(15-5-1)39-25-26-41-44(30-39)43(51-53-49(35-17-6-2-7-18-35)52-50(54-51)36-19-8-3-9-20-36)28-29-46(41)55-47-32-38-22-11-10-21-37(38)31-45(47)42-27-24-34-16-12-13-23-40(34)48(42)55/h1-32H. The van der Waals surface area contributed by atoms with E-state index in [-0.39, 0.29) is 0 Å². The number of rotatable bonds is 5. The van der Waals surface area contributed by atoms with Gasteiger partial charge in [-0.15, -0.1) is 0 Å². The van der Waals surface area contributed by atoms with Crippen LogP contribution in [0.15, 0.2) is 194 Å². The lowest BCUT2D eigenvalue weighted by Gasteiger charge is -2.17. The Balaban J connectivity index is 1.25. The van der Waals surface area contributed by atoms with Gasteiger partial charge in [-0.2, -0.15) is 0 Å². The number of nitrogens with zero attached hydrogens (tertiary/aromatic N) is 4. The molecule has 55 heavy (non-hydrogen) atoms. The summed E-state index contributed by atoms with van der Waals surface area (Å²) in [7, 11) is 0. The zero-order chi connectivity index (χ0) is 36.3. The quantitative estimate of drug-likeness (QED) is 0.179. The Labute approximate surface area is 317 Å². The van der Waals surface area contributed by atoms with E-state index in [1.165, 1.54) is 43.4 Å². The van der Waals surface area contributed by atoms with Gasteiger partial charge >= 0.3 is 0 Å². The SMILES string of the molecule is c1ccc(-c2ccc3c(-n4c5cc6ccccc6cc5c5ccc6ccccc6c54)ccc(-c4nc(-c5ccccc5)nc(-c5ccccc5)n4)c3c2)cc1. The molecular formula is C51H32N4. The smallest absolute Gasteiger partial charge is 0.164 e. The van der Waals surface area contributed by atoms with E-state index in [9.17, 15) is 0 Å². The van der Waals surface area contributed by atoms with Gasteiger partial charge in [0.15, 0.2) is 17.5 Å². The zero-order valence-electron chi connectivity index (χ0n) is 29.8. The Kier molecular flexibility index (Phi) is 7.14. The molecule has 0 atom stereocenters. The molecular weight excluding hydrogens is 669 g/mol. The highest BCUT2D eigenvalue weighted by Crippen LogP contribution is 2.42. The zero-order valence-corrected chi connectivity index (χ0v) is 29.8. The van der Waals surface area contributed by atoms with Gasteiger partial charge < -0.3 is 4.57 Å². The molecule has 0 aliphatic carbocycles. The normalized spacial score (nSPS) is 11.6. The van der Waals surface area contributed by atoms with E-state index in [2.05, 4.69) is 162 Å². The third kappa shape index (κ3) is 5.19. The van der Waals surface area contributed by atoms with E-state index in [0.29, 0.717) is 17.5 Å². The van der Waals surface area contributed by atoms with Crippen LogP contribution in [0.1, 0.15) is 0 Å². The third-order valence-corrected chi connectivity index (χ3v) is 10.8. The molecule has 0 fully saturated rings. The van der Waals surface area contributed by atoms with Crippen LogP contribution in [0.5, 0.6) is 0 Å². The van der Waals surface area contributed by atoms with Gasteiger partial charge in [0.1, 0.15) is 0 Å². The highest BCUT2D eigenvalue weighted by molar-refractivity contribution is 6.21. The highest BCUT2D eigenvalue weighted by Gasteiger charge is 2.21. The molecule has 0 saturated heterocycles. The number of hydrogen-bond acceptors (Lipinski definition) is 3. The van der Waals surface area contributed by atoms with Crippen LogP contribution in [0, 0.1) is 0 Å². The van der Waals surface area contributed by atoms with Gasteiger partial charge in [0, 0.05) is 38.2 Å². The maximum atomic E-state index is 5.19. The second-order valence-corrected chi connectivity index (χ2v) is 14.0. The molecule has 9 aromatic carbocycles. The molecule has 4 nitrogen and oxygen atoms in total. The van der Waals surface area contributed by atoms with Crippen molar-refractivity contribution in [2.24, 2.45) is 0 Å². The molecule has 0 aliphatic rings. The second-order valence-electron chi connectivity index (χ2n) is 14.0. The van der Waals surface area contributed by atoms with Gasteiger partial charge in [-0.3, -0.25) is 0 Å². The molecule has 0 N–H and O–H groups in total. The van der Waals surface area contributed by atoms with Gasteiger partial charge in [-0.25, -0.2) is 15.0 Å². The number of hydrogen-bond donors (Lipinski definition) is 0. The minimum atomic E-state index is 0.633. The van der Waals surface area contributed by atoms with E-state index in [0.717, 1.165) is 44.3 Å². The first-order valence-electron chi connectivity index (χ1n) is 18.6. The lowest BCUT2D eigenvalue weighted by Crippen LogP contribution is -2.02. The van der Waals surface area contributed by atoms with Crippen LogP contribution in [0.2, 0.25) is 0 Å². The Hall–Kier alpha value is -7.43. The van der Waals surface area contributed by atoms with Crippen LogP contribution >= 0.6 is 0 Å². The molecule has 2 aromatic heterocycles. The van der Waals surface area contributed by atoms with E-state index in [1.807, 2.05) is 36.4 Å². The maximum Gasteiger partial charge on any atom is 0.164 e. The molecule has 0 saturated carbocycles. The number of fused-ring (bicyclic) bond motifs is 7. The minimum absolute atomic E-state index is 0.633. The van der Waals surface area contributed by atoms with Crippen molar-refractivity contribution in [1.82, 2.24) is 19.5 Å². The van der Waals surface area contributed by atoms with Crippen molar-refractivity contribution in [3.63, 3.8) is 0 Å². The topological polar surface area (TPSA) is 43.6 Å². The summed E-state index contributed by atoms with van der Waals surface area (Å²) in [6, 6.07) is 68.8. The van der Waals surface area contributed by atoms with Crippen molar-refractivity contribution in [3.05, 3.63) is 194 Å². The molecule has 2 heterocycles. The van der Waals surface area contributed by atoms with Crippen LogP contribution in [0.25, 0.3) is 105 Å². The van der Waals surface area contributed by atoms with Crippen molar-refractivity contribution >= 4 is 54.1 Å². The largest absolute Gasteiger partial charge is 0.308 e. The molecule has 0 aliphatic heterocycles. The van der Waals surface area contributed by atoms with Crippen molar-refractivity contribution in [2.45, 2.75) is 0 Å². The predicted molar refractivity (Wildman–Crippen MR) is 228 cm³/mol. The molecule has 11 rings (SSSR count). The van der Waals surface area contributed by atoms with Crippen molar-refractivity contribution in [3.8, 4) is 51.0 Å².